The zero-order chi connectivity index (χ0) is 13.8. The Labute approximate surface area is 114 Å². The molecule has 0 saturated heterocycles. The van der Waals surface area contributed by atoms with Crippen molar-refractivity contribution in [3.05, 3.63) is 29.8 Å². The van der Waals surface area contributed by atoms with Crippen molar-refractivity contribution < 1.29 is 14.6 Å². The second kappa shape index (κ2) is 6.06. The van der Waals surface area contributed by atoms with Gasteiger partial charge < -0.3 is 14.7 Å². The van der Waals surface area contributed by atoms with E-state index in [1.54, 1.807) is 24.3 Å². The molecule has 0 amide bonds. The van der Waals surface area contributed by atoms with Gasteiger partial charge >= 0.3 is 5.97 Å². The quantitative estimate of drug-likeness (QED) is 0.821. The molecule has 1 aromatic carbocycles. The number of nitrogens with zero attached hydrogens (tertiary/aromatic N) is 1. The summed E-state index contributed by atoms with van der Waals surface area (Å²) >= 11 is 0. The van der Waals surface area contributed by atoms with E-state index in [9.17, 15) is 4.79 Å². The van der Waals surface area contributed by atoms with Crippen molar-refractivity contribution in [1.29, 1.82) is 0 Å². The number of hydrogen-bond acceptors (Lipinski definition) is 3. The summed E-state index contributed by atoms with van der Waals surface area (Å²) in [4.78, 5) is 13.0. The Morgan fingerprint density at radius 3 is 2.58 bits per heavy atom. The standard InChI is InChI=1S/C15H21NO3/c1-11(12-3-4-12)16(2)9-10-19-14-7-5-13(6-8-14)15(17)18/h5-8,11-12H,3-4,9-10H2,1-2H3,(H,17,18). The minimum atomic E-state index is -0.912. The molecule has 1 fully saturated rings. The fourth-order valence-corrected chi connectivity index (χ4v) is 2.14. The van der Waals surface area contributed by atoms with Crippen LogP contribution in [-0.4, -0.2) is 42.2 Å². The summed E-state index contributed by atoms with van der Waals surface area (Å²) in [6.07, 6.45) is 2.70. The molecule has 0 aromatic heterocycles. The predicted octanol–water partition coefficient (Wildman–Crippen LogP) is 2.49. The minimum absolute atomic E-state index is 0.284. The van der Waals surface area contributed by atoms with Gasteiger partial charge in [-0.15, -0.1) is 0 Å². The Kier molecular flexibility index (Phi) is 4.43. The first-order valence-corrected chi connectivity index (χ1v) is 6.74. The predicted molar refractivity (Wildman–Crippen MR) is 73.7 cm³/mol. The first-order valence-electron chi connectivity index (χ1n) is 6.74. The maximum atomic E-state index is 10.7. The van der Waals surface area contributed by atoms with E-state index in [-0.39, 0.29) is 5.56 Å². The van der Waals surface area contributed by atoms with Gasteiger partial charge in [-0.3, -0.25) is 0 Å². The summed E-state index contributed by atoms with van der Waals surface area (Å²) in [7, 11) is 2.12. The van der Waals surface area contributed by atoms with Crippen LogP contribution < -0.4 is 4.74 Å². The molecule has 2 rings (SSSR count). The highest BCUT2D eigenvalue weighted by molar-refractivity contribution is 5.87. The van der Waals surface area contributed by atoms with E-state index >= 15 is 0 Å². The van der Waals surface area contributed by atoms with Gasteiger partial charge in [-0.25, -0.2) is 4.79 Å². The summed E-state index contributed by atoms with van der Waals surface area (Å²) in [5, 5.41) is 8.80. The SMILES string of the molecule is CC(C1CC1)N(C)CCOc1ccc(C(=O)O)cc1. The van der Waals surface area contributed by atoms with Crippen LogP contribution in [0.4, 0.5) is 0 Å². The minimum Gasteiger partial charge on any atom is -0.492 e. The van der Waals surface area contributed by atoms with Crippen LogP contribution >= 0.6 is 0 Å². The normalized spacial score (nSPS) is 16.4. The number of hydrogen-bond donors (Lipinski definition) is 1. The molecule has 1 saturated carbocycles. The van der Waals surface area contributed by atoms with Crippen molar-refractivity contribution in [3.8, 4) is 5.75 Å². The first-order chi connectivity index (χ1) is 9.08. The molecule has 0 radical (unpaired) electrons. The van der Waals surface area contributed by atoms with Gasteiger partial charge in [-0.05, 0) is 57.0 Å². The zero-order valence-electron chi connectivity index (χ0n) is 11.5. The molecule has 1 aliphatic carbocycles. The van der Waals surface area contributed by atoms with E-state index < -0.39 is 5.97 Å². The molecule has 0 aliphatic heterocycles. The van der Waals surface area contributed by atoms with Crippen molar-refractivity contribution >= 4 is 5.97 Å². The monoisotopic (exact) mass is 263 g/mol. The molecule has 1 aliphatic rings. The second-order valence-electron chi connectivity index (χ2n) is 5.24. The number of carboxylic acid groups (broad SMARTS) is 1. The third kappa shape index (κ3) is 3.96. The smallest absolute Gasteiger partial charge is 0.335 e. The van der Waals surface area contributed by atoms with Crippen LogP contribution in [-0.2, 0) is 0 Å². The average Bonchev–Trinajstić information content (AvgIpc) is 3.22. The lowest BCUT2D eigenvalue weighted by molar-refractivity contribution is 0.0697. The molecule has 4 nitrogen and oxygen atoms in total. The van der Waals surface area contributed by atoms with Crippen molar-refractivity contribution in [1.82, 2.24) is 4.90 Å². The Balaban J connectivity index is 1.74. The molecule has 0 bridgehead atoms. The third-order valence-electron chi connectivity index (χ3n) is 3.81. The number of rotatable bonds is 7. The number of carboxylic acids is 1. The van der Waals surface area contributed by atoms with Crippen molar-refractivity contribution in [2.45, 2.75) is 25.8 Å². The summed E-state index contributed by atoms with van der Waals surface area (Å²) in [6.45, 7) is 3.78. The van der Waals surface area contributed by atoms with E-state index in [0.717, 1.165) is 18.2 Å². The Bertz CT molecular complexity index is 426. The molecule has 1 N–H and O–H groups in total. The Hall–Kier alpha value is -1.55. The average molecular weight is 263 g/mol. The van der Waals surface area contributed by atoms with Crippen LogP contribution in [0.15, 0.2) is 24.3 Å². The van der Waals surface area contributed by atoms with E-state index in [0.29, 0.717) is 12.6 Å². The fourth-order valence-electron chi connectivity index (χ4n) is 2.14. The van der Waals surface area contributed by atoms with Gasteiger partial charge in [0.15, 0.2) is 0 Å². The largest absolute Gasteiger partial charge is 0.492 e. The van der Waals surface area contributed by atoms with Crippen molar-refractivity contribution in [3.63, 3.8) is 0 Å². The summed E-state index contributed by atoms with van der Waals surface area (Å²) < 4.78 is 5.63. The number of aromatic carboxylic acids is 1. The van der Waals surface area contributed by atoms with Gasteiger partial charge in [0.05, 0.1) is 5.56 Å². The lowest BCUT2D eigenvalue weighted by Gasteiger charge is -2.24. The molecule has 1 atom stereocenters. The summed E-state index contributed by atoms with van der Waals surface area (Å²) in [5.74, 6) is 0.668. The second-order valence-corrected chi connectivity index (χ2v) is 5.24. The van der Waals surface area contributed by atoms with Gasteiger partial charge in [0.2, 0.25) is 0 Å². The highest BCUT2D eigenvalue weighted by Gasteiger charge is 2.30. The number of carbonyl (C=O) groups is 1. The zero-order valence-corrected chi connectivity index (χ0v) is 11.5. The van der Waals surface area contributed by atoms with Gasteiger partial charge in [0.25, 0.3) is 0 Å². The summed E-state index contributed by atoms with van der Waals surface area (Å²) in [6, 6.07) is 7.15. The van der Waals surface area contributed by atoms with Crippen LogP contribution in [0, 0.1) is 5.92 Å². The van der Waals surface area contributed by atoms with E-state index in [2.05, 4.69) is 18.9 Å². The molecule has 19 heavy (non-hydrogen) atoms. The maximum Gasteiger partial charge on any atom is 0.335 e. The first kappa shape index (κ1) is 13.9. The molecule has 0 heterocycles. The molecular weight excluding hydrogens is 242 g/mol. The van der Waals surface area contributed by atoms with Crippen LogP contribution in [0.5, 0.6) is 5.75 Å². The highest BCUT2D eigenvalue weighted by Crippen LogP contribution is 2.34. The Morgan fingerprint density at radius 1 is 1.42 bits per heavy atom. The van der Waals surface area contributed by atoms with E-state index in [4.69, 9.17) is 9.84 Å². The van der Waals surface area contributed by atoms with Gasteiger partial charge in [-0.1, -0.05) is 0 Å². The lowest BCUT2D eigenvalue weighted by Crippen LogP contribution is -2.34. The number of benzene rings is 1. The van der Waals surface area contributed by atoms with Gasteiger partial charge in [-0.2, -0.15) is 0 Å². The number of likely N-dealkylation sites (N-methyl/N-ethyl adjacent to an activating group) is 1. The molecule has 1 aromatic rings. The van der Waals surface area contributed by atoms with E-state index in [1.807, 2.05) is 0 Å². The molecule has 0 spiro atoms. The fraction of sp³-hybridized carbons (Fsp3) is 0.533. The molecule has 4 heteroatoms. The lowest BCUT2D eigenvalue weighted by atomic mass is 10.2. The van der Waals surface area contributed by atoms with Gasteiger partial charge in [0.1, 0.15) is 12.4 Å². The highest BCUT2D eigenvalue weighted by atomic mass is 16.5. The number of ether oxygens (including phenoxy) is 1. The van der Waals surface area contributed by atoms with Gasteiger partial charge in [0, 0.05) is 12.6 Å². The van der Waals surface area contributed by atoms with Crippen molar-refractivity contribution in [2.75, 3.05) is 20.2 Å². The Morgan fingerprint density at radius 2 is 2.05 bits per heavy atom. The van der Waals surface area contributed by atoms with Crippen LogP contribution in [0.1, 0.15) is 30.1 Å². The van der Waals surface area contributed by atoms with E-state index in [1.165, 1.54) is 12.8 Å². The van der Waals surface area contributed by atoms with Crippen LogP contribution in [0.2, 0.25) is 0 Å². The molecular formula is C15H21NO3. The van der Waals surface area contributed by atoms with Crippen LogP contribution in [0.3, 0.4) is 0 Å². The van der Waals surface area contributed by atoms with Crippen LogP contribution in [0.25, 0.3) is 0 Å². The molecule has 1 unspecified atom stereocenters. The van der Waals surface area contributed by atoms with Crippen molar-refractivity contribution in [2.24, 2.45) is 5.92 Å². The third-order valence-corrected chi connectivity index (χ3v) is 3.81. The topological polar surface area (TPSA) is 49.8 Å². The molecule has 104 valence electrons. The summed E-state index contributed by atoms with van der Waals surface area (Å²) in [5.41, 5.74) is 0.284. The maximum absolute atomic E-state index is 10.7.